The minimum atomic E-state index is -4.35. The summed E-state index contributed by atoms with van der Waals surface area (Å²) in [5, 5.41) is 0. The van der Waals surface area contributed by atoms with Gasteiger partial charge in [0.15, 0.2) is 0 Å². The first-order valence-corrected chi connectivity index (χ1v) is 4.10. The number of aromatic nitrogens is 2. The molecule has 0 fully saturated rings. The maximum atomic E-state index is 12.3. The smallest absolute Gasteiger partial charge is 0.173 e. The maximum absolute atomic E-state index is 12.3. The molecule has 0 N–H and O–H groups in total. The van der Waals surface area contributed by atoms with Crippen LogP contribution in [0.4, 0.5) is 13.2 Å². The van der Waals surface area contributed by atoms with Gasteiger partial charge in [-0.3, -0.25) is 0 Å². The van der Waals surface area contributed by atoms with Crippen LogP contribution in [0.2, 0.25) is 0 Å². The van der Waals surface area contributed by atoms with Crippen LogP contribution in [-0.2, 0) is 6.18 Å². The van der Waals surface area contributed by atoms with Gasteiger partial charge in [-0.05, 0) is 12.1 Å². The Kier molecular flexibility index (Phi) is 1.73. The monoisotopic (exact) mass is 204 g/mol. The molecule has 0 atom stereocenters. The van der Waals surface area contributed by atoms with E-state index in [9.17, 15) is 13.2 Å². The molecule has 6 heteroatoms. The summed E-state index contributed by atoms with van der Waals surface area (Å²) in [4.78, 5) is 0. The largest absolute Gasteiger partial charge is 0.418 e. The third-order valence-corrected chi connectivity index (χ3v) is 2.13. The van der Waals surface area contributed by atoms with E-state index in [1.165, 1.54) is 12.1 Å². The van der Waals surface area contributed by atoms with Crippen LogP contribution in [0.25, 0.3) is 11.0 Å². The van der Waals surface area contributed by atoms with Crippen molar-refractivity contribution in [2.75, 3.05) is 0 Å². The lowest BCUT2D eigenvalue weighted by Gasteiger charge is -2.05. The van der Waals surface area contributed by atoms with Crippen molar-refractivity contribution in [3.8, 4) is 0 Å². The Morgan fingerprint density at radius 3 is 2.62 bits per heavy atom. The van der Waals surface area contributed by atoms with Crippen LogP contribution in [-0.4, -0.2) is 8.75 Å². The van der Waals surface area contributed by atoms with E-state index in [1.54, 1.807) is 0 Å². The molecule has 68 valence electrons. The predicted molar refractivity (Wildman–Crippen MR) is 42.4 cm³/mol. The lowest BCUT2D eigenvalue weighted by atomic mass is 10.2. The van der Waals surface area contributed by atoms with Crippen LogP contribution in [0.3, 0.4) is 0 Å². The fraction of sp³-hybridized carbons (Fsp3) is 0.143. The molecule has 2 aromatic rings. The Hall–Kier alpha value is -1.17. The minimum absolute atomic E-state index is 0.0694. The number of halogens is 3. The zero-order chi connectivity index (χ0) is 9.47. The minimum Gasteiger partial charge on any atom is -0.173 e. The van der Waals surface area contributed by atoms with Gasteiger partial charge < -0.3 is 0 Å². The molecule has 1 aromatic heterocycles. The highest BCUT2D eigenvalue weighted by Crippen LogP contribution is 2.33. The van der Waals surface area contributed by atoms with Gasteiger partial charge in [0.25, 0.3) is 0 Å². The molecule has 0 radical (unpaired) electrons. The van der Waals surface area contributed by atoms with Gasteiger partial charge in [-0.1, -0.05) is 6.07 Å². The molecule has 0 unspecified atom stereocenters. The van der Waals surface area contributed by atoms with E-state index in [0.717, 1.165) is 17.8 Å². The first-order valence-electron chi connectivity index (χ1n) is 3.37. The summed E-state index contributed by atoms with van der Waals surface area (Å²) in [5.74, 6) is 0. The van der Waals surface area contributed by atoms with Gasteiger partial charge in [0.1, 0.15) is 11.0 Å². The Bertz CT molecular complexity index is 434. The number of hydrogen-bond donors (Lipinski definition) is 0. The van der Waals surface area contributed by atoms with Gasteiger partial charge >= 0.3 is 6.18 Å². The van der Waals surface area contributed by atoms with Crippen LogP contribution in [0.15, 0.2) is 18.2 Å². The van der Waals surface area contributed by atoms with Crippen molar-refractivity contribution >= 4 is 22.8 Å². The number of hydrogen-bond acceptors (Lipinski definition) is 3. The molecule has 1 aromatic carbocycles. The number of benzene rings is 1. The molecule has 0 aliphatic rings. The SMILES string of the molecule is FC(F)(F)c1cccc2nsnc12. The van der Waals surface area contributed by atoms with Crippen molar-refractivity contribution in [1.29, 1.82) is 0 Å². The highest BCUT2D eigenvalue weighted by molar-refractivity contribution is 7.00. The van der Waals surface area contributed by atoms with Crippen molar-refractivity contribution in [1.82, 2.24) is 8.75 Å². The average Bonchev–Trinajstić information content (AvgIpc) is 2.48. The number of rotatable bonds is 0. The summed E-state index contributed by atoms with van der Waals surface area (Å²) in [5.41, 5.74) is -0.501. The second kappa shape index (κ2) is 2.66. The van der Waals surface area contributed by atoms with Crippen molar-refractivity contribution in [3.63, 3.8) is 0 Å². The average molecular weight is 204 g/mol. The molecule has 0 aliphatic carbocycles. The van der Waals surface area contributed by atoms with Crippen molar-refractivity contribution in [3.05, 3.63) is 23.8 Å². The molecule has 2 nitrogen and oxygen atoms in total. The van der Waals surface area contributed by atoms with Crippen LogP contribution < -0.4 is 0 Å². The van der Waals surface area contributed by atoms with E-state index < -0.39 is 11.7 Å². The normalized spacial score (nSPS) is 12.2. The van der Waals surface area contributed by atoms with Crippen molar-refractivity contribution in [2.24, 2.45) is 0 Å². The summed E-state index contributed by atoms with van der Waals surface area (Å²) >= 11 is 0.783. The van der Waals surface area contributed by atoms with Crippen LogP contribution >= 0.6 is 11.7 Å². The summed E-state index contributed by atoms with van der Waals surface area (Å²) in [6.07, 6.45) is -4.35. The number of nitrogens with zero attached hydrogens (tertiary/aromatic N) is 2. The zero-order valence-corrected chi connectivity index (χ0v) is 6.99. The zero-order valence-electron chi connectivity index (χ0n) is 6.17. The molecule has 13 heavy (non-hydrogen) atoms. The molecule has 0 spiro atoms. The van der Waals surface area contributed by atoms with Gasteiger partial charge in [-0.2, -0.15) is 21.9 Å². The third-order valence-electron chi connectivity index (χ3n) is 1.59. The van der Waals surface area contributed by atoms with Crippen molar-refractivity contribution in [2.45, 2.75) is 6.18 Å². The summed E-state index contributed by atoms with van der Waals surface area (Å²) in [7, 11) is 0. The van der Waals surface area contributed by atoms with Crippen molar-refractivity contribution < 1.29 is 13.2 Å². The molecule has 0 saturated heterocycles. The van der Waals surface area contributed by atoms with E-state index in [2.05, 4.69) is 8.75 Å². The first kappa shape index (κ1) is 8.43. The Morgan fingerprint density at radius 1 is 1.15 bits per heavy atom. The van der Waals surface area contributed by atoms with Gasteiger partial charge in [0, 0.05) is 0 Å². The van der Waals surface area contributed by atoms with E-state index in [1.807, 2.05) is 0 Å². The fourth-order valence-corrected chi connectivity index (χ4v) is 1.58. The van der Waals surface area contributed by atoms with Gasteiger partial charge in [0.05, 0.1) is 17.3 Å². The van der Waals surface area contributed by atoms with Crippen LogP contribution in [0, 0.1) is 0 Å². The predicted octanol–water partition coefficient (Wildman–Crippen LogP) is 2.71. The van der Waals surface area contributed by atoms with Crippen LogP contribution in [0.5, 0.6) is 0 Å². The van der Waals surface area contributed by atoms with E-state index in [-0.39, 0.29) is 5.52 Å². The summed E-state index contributed by atoms with van der Waals surface area (Å²) < 4.78 is 44.3. The molecule has 1 heterocycles. The number of alkyl halides is 3. The second-order valence-corrected chi connectivity index (χ2v) is 2.96. The Labute approximate surface area is 75.3 Å². The Morgan fingerprint density at radius 2 is 1.92 bits per heavy atom. The summed E-state index contributed by atoms with van der Waals surface area (Å²) in [6, 6.07) is 3.84. The molecule has 0 amide bonds. The lowest BCUT2D eigenvalue weighted by Crippen LogP contribution is -2.05. The highest BCUT2D eigenvalue weighted by Gasteiger charge is 2.33. The standard InChI is InChI=1S/C7H3F3N2S/c8-7(9,10)4-2-1-3-5-6(4)12-13-11-5/h1-3H. The van der Waals surface area contributed by atoms with E-state index >= 15 is 0 Å². The molecule has 0 saturated carbocycles. The molecular weight excluding hydrogens is 201 g/mol. The second-order valence-electron chi connectivity index (χ2n) is 2.44. The quantitative estimate of drug-likeness (QED) is 0.659. The molecular formula is C7H3F3N2S. The van der Waals surface area contributed by atoms with Gasteiger partial charge in [-0.15, -0.1) is 0 Å². The highest BCUT2D eigenvalue weighted by atomic mass is 32.1. The maximum Gasteiger partial charge on any atom is 0.418 e. The van der Waals surface area contributed by atoms with Gasteiger partial charge in [-0.25, -0.2) is 0 Å². The van der Waals surface area contributed by atoms with Crippen LogP contribution in [0.1, 0.15) is 5.56 Å². The Balaban J connectivity index is 2.75. The topological polar surface area (TPSA) is 25.8 Å². The van der Waals surface area contributed by atoms with E-state index in [4.69, 9.17) is 0 Å². The molecule has 0 bridgehead atoms. The summed E-state index contributed by atoms with van der Waals surface area (Å²) in [6.45, 7) is 0. The van der Waals surface area contributed by atoms with Gasteiger partial charge in [0.2, 0.25) is 0 Å². The fourth-order valence-electron chi connectivity index (χ4n) is 1.03. The first-order chi connectivity index (χ1) is 6.09. The molecule has 0 aliphatic heterocycles. The molecule has 2 rings (SSSR count). The van der Waals surface area contributed by atoms with E-state index in [0.29, 0.717) is 5.52 Å². The third kappa shape index (κ3) is 1.37. The lowest BCUT2D eigenvalue weighted by molar-refractivity contribution is -0.136. The number of fused-ring (bicyclic) bond motifs is 1.